The number of allylic oxidation sites excluding steroid dienone is 2. The predicted molar refractivity (Wildman–Crippen MR) is 111 cm³/mol. The lowest BCUT2D eigenvalue weighted by Gasteiger charge is -2.21. The van der Waals surface area contributed by atoms with E-state index in [1.165, 1.54) is 23.2 Å². The fraction of sp³-hybridized carbons (Fsp3) is 0.529. The van der Waals surface area contributed by atoms with Crippen molar-refractivity contribution in [1.29, 1.82) is 0 Å². The van der Waals surface area contributed by atoms with Gasteiger partial charge < -0.3 is 31.1 Å². The van der Waals surface area contributed by atoms with Crippen LogP contribution in [0.5, 0.6) is 0 Å². The van der Waals surface area contributed by atoms with E-state index >= 15 is 0 Å². The number of carboxylic acid groups (broad SMARTS) is 2. The summed E-state index contributed by atoms with van der Waals surface area (Å²) in [4.78, 5) is 46.7. The van der Waals surface area contributed by atoms with Crippen molar-refractivity contribution in [2.75, 3.05) is 11.5 Å². The Kier molecular flexibility index (Phi) is 13.9. The van der Waals surface area contributed by atoms with Crippen molar-refractivity contribution in [3.63, 3.8) is 0 Å². The number of carbonyl (C=O) groups excluding carboxylic acids is 2. The molecule has 0 aromatic heterocycles. The van der Waals surface area contributed by atoms with E-state index < -0.39 is 53.1 Å². The molecule has 4 atom stereocenters. The Hall–Kier alpha value is -2.02. The third kappa shape index (κ3) is 12.2. The number of amides is 2. The molecule has 0 heterocycles. The molecule has 0 aliphatic carbocycles. The Morgan fingerprint density at radius 3 is 2.28 bits per heavy atom. The van der Waals surface area contributed by atoms with Gasteiger partial charge in [-0.3, -0.25) is 14.4 Å². The number of nitrogens with two attached hydrogens (primary N) is 1. The van der Waals surface area contributed by atoms with Gasteiger partial charge in [-0.25, -0.2) is 4.79 Å². The maximum atomic E-state index is 12.5. The van der Waals surface area contributed by atoms with Crippen LogP contribution in [-0.4, -0.2) is 68.2 Å². The molecule has 0 fully saturated rings. The van der Waals surface area contributed by atoms with Gasteiger partial charge in [0.15, 0.2) is 6.04 Å². The van der Waals surface area contributed by atoms with Gasteiger partial charge in [0.1, 0.15) is 23.2 Å². The van der Waals surface area contributed by atoms with E-state index in [1.54, 1.807) is 25.3 Å². The molecule has 10 nitrogen and oxygen atoms in total. The van der Waals surface area contributed by atoms with E-state index in [4.69, 9.17) is 10.8 Å². The first-order valence-corrected chi connectivity index (χ1v) is 11.1. The molecule has 6 N–H and O–H groups in total. The standard InChI is InChI=1S/C17H27N3O7S2/c1-3-7-28-9-12(19-14(21)6-5-11(18)16(23)24)15(22)20-13(17(25)26)10-29(27)8-4-2/h3-4,7-8,11-13H,5-6,9-10,18H2,1-2H3,(H,19,21)(H,20,22)(H,23,24)(H,25,26). The minimum Gasteiger partial charge on any atom is -0.612 e. The van der Waals surface area contributed by atoms with E-state index in [0.29, 0.717) is 0 Å². The number of hydrogen-bond donors (Lipinski definition) is 5. The van der Waals surface area contributed by atoms with Crippen LogP contribution >= 0.6 is 11.8 Å². The molecule has 0 radical (unpaired) electrons. The van der Waals surface area contributed by atoms with Crippen LogP contribution in [0.15, 0.2) is 23.0 Å². The molecule has 0 spiro atoms. The highest BCUT2D eigenvalue weighted by atomic mass is 32.2. The van der Waals surface area contributed by atoms with Crippen LogP contribution in [0.25, 0.3) is 0 Å². The molecular weight excluding hydrogens is 422 g/mol. The first-order chi connectivity index (χ1) is 13.6. The van der Waals surface area contributed by atoms with Crippen LogP contribution in [0.2, 0.25) is 0 Å². The molecule has 0 saturated carbocycles. The lowest BCUT2D eigenvalue weighted by atomic mass is 10.1. The Morgan fingerprint density at radius 2 is 1.76 bits per heavy atom. The SMILES string of the molecule is CC=CSCC(NC(=O)CCC(N)C(=O)O)C(=O)NC(C[S+]([O-])C=CC)C(=O)O. The van der Waals surface area contributed by atoms with E-state index in [9.17, 15) is 28.8 Å². The molecule has 164 valence electrons. The molecular formula is C17H27N3O7S2. The molecule has 0 aromatic carbocycles. The van der Waals surface area contributed by atoms with Gasteiger partial charge in [0.2, 0.25) is 11.8 Å². The highest BCUT2D eigenvalue weighted by Crippen LogP contribution is 2.07. The summed E-state index contributed by atoms with van der Waals surface area (Å²) in [6.07, 6.45) is 2.92. The van der Waals surface area contributed by atoms with Crippen LogP contribution in [0.4, 0.5) is 0 Å². The maximum absolute atomic E-state index is 12.5. The summed E-state index contributed by atoms with van der Waals surface area (Å²) in [5, 5.41) is 25.8. The number of nitrogens with one attached hydrogen (secondary N) is 2. The zero-order valence-corrected chi connectivity index (χ0v) is 17.8. The largest absolute Gasteiger partial charge is 0.612 e. The van der Waals surface area contributed by atoms with Crippen LogP contribution in [0.3, 0.4) is 0 Å². The van der Waals surface area contributed by atoms with Gasteiger partial charge in [0.05, 0.1) is 0 Å². The van der Waals surface area contributed by atoms with Crippen molar-refractivity contribution in [3.05, 3.63) is 23.0 Å². The highest BCUT2D eigenvalue weighted by Gasteiger charge is 2.29. The van der Waals surface area contributed by atoms with Gasteiger partial charge in [-0.15, -0.1) is 11.8 Å². The highest BCUT2D eigenvalue weighted by molar-refractivity contribution is 8.02. The summed E-state index contributed by atoms with van der Waals surface area (Å²) in [6, 6.07) is -3.67. The van der Waals surface area contributed by atoms with Crippen molar-refractivity contribution < 1.29 is 33.9 Å². The van der Waals surface area contributed by atoms with E-state index in [0.717, 1.165) is 0 Å². The summed E-state index contributed by atoms with van der Waals surface area (Å²) >= 11 is -0.355. The quantitative estimate of drug-likeness (QED) is 0.224. The summed E-state index contributed by atoms with van der Waals surface area (Å²) in [5.41, 5.74) is 5.35. The zero-order chi connectivity index (χ0) is 22.4. The van der Waals surface area contributed by atoms with E-state index in [1.807, 2.05) is 0 Å². The van der Waals surface area contributed by atoms with Gasteiger partial charge in [-0.2, -0.15) is 0 Å². The topological polar surface area (TPSA) is 182 Å². The summed E-state index contributed by atoms with van der Waals surface area (Å²) < 4.78 is 11.8. The number of carboxylic acids is 2. The van der Waals surface area contributed by atoms with E-state index in [2.05, 4.69) is 10.6 Å². The van der Waals surface area contributed by atoms with Gasteiger partial charge in [0, 0.05) is 12.2 Å². The molecule has 4 unspecified atom stereocenters. The number of aliphatic carboxylic acids is 2. The fourth-order valence-corrected chi connectivity index (χ4v) is 3.63. The predicted octanol–water partition coefficient (Wildman–Crippen LogP) is -0.218. The third-order valence-electron chi connectivity index (χ3n) is 3.38. The van der Waals surface area contributed by atoms with Crippen molar-refractivity contribution >= 4 is 46.7 Å². The molecule has 0 aliphatic heterocycles. The normalized spacial score (nSPS) is 15.6. The molecule has 2 amide bonds. The Balaban J connectivity index is 5.05. The number of hydrogen-bond acceptors (Lipinski definition) is 7. The second-order valence-electron chi connectivity index (χ2n) is 5.82. The van der Waals surface area contributed by atoms with Gasteiger partial charge in [0.25, 0.3) is 0 Å². The molecule has 12 heteroatoms. The van der Waals surface area contributed by atoms with Gasteiger partial charge in [-0.1, -0.05) is 6.08 Å². The van der Waals surface area contributed by atoms with Gasteiger partial charge in [-0.05, 0) is 42.9 Å². The van der Waals surface area contributed by atoms with Crippen molar-refractivity contribution in [3.8, 4) is 0 Å². The minimum atomic E-state index is -1.58. The second kappa shape index (κ2) is 14.9. The van der Waals surface area contributed by atoms with Crippen molar-refractivity contribution in [1.82, 2.24) is 10.6 Å². The second-order valence-corrected chi connectivity index (χ2v) is 8.13. The molecule has 0 rings (SSSR count). The van der Waals surface area contributed by atoms with Crippen molar-refractivity contribution in [2.45, 2.75) is 44.8 Å². The van der Waals surface area contributed by atoms with Crippen LogP contribution in [0, 0.1) is 0 Å². The zero-order valence-electron chi connectivity index (χ0n) is 16.2. The smallest absolute Gasteiger partial charge is 0.331 e. The molecule has 0 aliphatic rings. The minimum absolute atomic E-state index is 0.113. The fourth-order valence-electron chi connectivity index (χ4n) is 1.93. The summed E-state index contributed by atoms with van der Waals surface area (Å²) in [5.74, 6) is -4.13. The van der Waals surface area contributed by atoms with Crippen molar-refractivity contribution in [2.24, 2.45) is 5.73 Å². The Bertz CT molecular complexity index is 628. The summed E-state index contributed by atoms with van der Waals surface area (Å²) in [7, 11) is 0. The lowest BCUT2D eigenvalue weighted by molar-refractivity contribution is -0.141. The third-order valence-corrected chi connectivity index (χ3v) is 5.61. The maximum Gasteiger partial charge on any atom is 0.331 e. The van der Waals surface area contributed by atoms with Crippen LogP contribution in [0.1, 0.15) is 26.7 Å². The molecule has 0 saturated heterocycles. The number of carbonyl (C=O) groups is 4. The lowest BCUT2D eigenvalue weighted by Crippen LogP contribution is -2.54. The van der Waals surface area contributed by atoms with Gasteiger partial charge >= 0.3 is 11.9 Å². The number of thioether (sulfide) groups is 1. The Morgan fingerprint density at radius 1 is 1.10 bits per heavy atom. The Labute approximate surface area is 176 Å². The molecule has 29 heavy (non-hydrogen) atoms. The average Bonchev–Trinajstić information content (AvgIpc) is 2.64. The summed E-state index contributed by atoms with van der Waals surface area (Å²) in [6.45, 7) is 3.40. The molecule has 0 aromatic rings. The van der Waals surface area contributed by atoms with E-state index in [-0.39, 0.29) is 24.3 Å². The van der Waals surface area contributed by atoms with Crippen LogP contribution in [-0.2, 0) is 30.4 Å². The monoisotopic (exact) mass is 449 g/mol. The number of rotatable bonds is 14. The average molecular weight is 450 g/mol. The van der Waals surface area contributed by atoms with Crippen LogP contribution < -0.4 is 16.4 Å². The molecule has 0 bridgehead atoms. The first kappa shape index (κ1) is 27.0. The first-order valence-electron chi connectivity index (χ1n) is 8.66.